The van der Waals surface area contributed by atoms with Gasteiger partial charge in [-0.25, -0.2) is 9.18 Å². The fourth-order valence-corrected chi connectivity index (χ4v) is 3.88. The van der Waals surface area contributed by atoms with Crippen molar-refractivity contribution in [1.82, 2.24) is 0 Å². The van der Waals surface area contributed by atoms with Crippen LogP contribution in [0.1, 0.15) is 22.9 Å². The van der Waals surface area contributed by atoms with Crippen LogP contribution in [0.25, 0.3) is 17.2 Å². The number of carbonyl (C=O) groups is 2. The first-order chi connectivity index (χ1) is 18.8. The largest absolute Gasteiger partial charge is 0.466 e. The van der Waals surface area contributed by atoms with Crippen LogP contribution in [0.5, 0.6) is 0 Å². The summed E-state index contributed by atoms with van der Waals surface area (Å²) in [5.41, 5.74) is 3.97. The van der Waals surface area contributed by atoms with Crippen molar-refractivity contribution in [3.05, 3.63) is 126 Å². The zero-order chi connectivity index (χ0) is 27.9. The van der Waals surface area contributed by atoms with Crippen LogP contribution in [0.4, 0.5) is 15.8 Å². The number of hydrogen-bond acceptors (Lipinski definition) is 4. The monoisotopic (exact) mass is 509 g/mol. The van der Waals surface area contributed by atoms with Crippen molar-refractivity contribution in [1.29, 1.82) is 0 Å². The van der Waals surface area contributed by atoms with Crippen molar-refractivity contribution in [3.8, 4) is 11.1 Å². The second kappa shape index (κ2) is 12.0. The van der Waals surface area contributed by atoms with Gasteiger partial charge in [0.15, 0.2) is 0 Å². The van der Waals surface area contributed by atoms with E-state index in [2.05, 4.69) is 4.74 Å². The molecule has 0 radical (unpaired) electrons. The molecule has 4 rings (SSSR count). The van der Waals surface area contributed by atoms with Crippen LogP contribution in [0.15, 0.2) is 103 Å². The highest BCUT2D eigenvalue weighted by Crippen LogP contribution is 2.27. The lowest BCUT2D eigenvalue weighted by Gasteiger charge is -2.24. The van der Waals surface area contributed by atoms with Crippen molar-refractivity contribution in [3.63, 3.8) is 0 Å². The second-order valence-corrected chi connectivity index (χ2v) is 8.80. The fraction of sp³-hybridized carbons (Fsp3) is 0.125. The van der Waals surface area contributed by atoms with E-state index in [9.17, 15) is 9.59 Å². The molecule has 0 aromatic heterocycles. The Kier molecular flexibility index (Phi) is 7.89. The van der Waals surface area contributed by atoms with Gasteiger partial charge in [-0.05, 0) is 65.2 Å². The van der Waals surface area contributed by atoms with E-state index in [0.29, 0.717) is 22.4 Å². The van der Waals surface area contributed by atoms with E-state index in [1.807, 2.05) is 43.3 Å². The molecule has 0 bridgehead atoms. The highest BCUT2D eigenvalue weighted by atomic mass is 19.1. The minimum absolute atomic E-state index is 0.0587. The summed E-state index contributed by atoms with van der Waals surface area (Å²) in [5.74, 6) is -1.56. The topological polar surface area (TPSA) is 49.9 Å². The Bertz CT molecular complexity index is 1490. The highest BCUT2D eigenvalue weighted by molar-refractivity contribution is 6.06. The summed E-state index contributed by atoms with van der Waals surface area (Å²) in [6, 6.07) is 27.8. The zero-order valence-electron chi connectivity index (χ0n) is 22.5. The number of rotatable bonds is 8. The molecule has 0 aliphatic heterocycles. The Labute approximate surface area is 223 Å². The minimum atomic E-state index is -1.37. The maximum Gasteiger partial charge on any atom is 0.330 e. The molecule has 4 aromatic rings. The minimum Gasteiger partial charge on any atom is -0.466 e. The first-order valence-electron chi connectivity index (χ1n) is 12.6. The van der Waals surface area contributed by atoms with Crippen molar-refractivity contribution >= 4 is 29.3 Å². The predicted molar refractivity (Wildman–Crippen MR) is 151 cm³/mol. The summed E-state index contributed by atoms with van der Waals surface area (Å²) in [6.45, 7) is -1.37. The molecule has 0 aliphatic carbocycles. The van der Waals surface area contributed by atoms with Gasteiger partial charge in [0.2, 0.25) is 0 Å². The maximum atomic E-state index is 15.5. The third-order valence-electron chi connectivity index (χ3n) is 5.99. The smallest absolute Gasteiger partial charge is 0.330 e. The Balaban J connectivity index is 1.72. The van der Waals surface area contributed by atoms with Crippen LogP contribution >= 0.6 is 0 Å². The molecule has 1 amide bonds. The second-order valence-electron chi connectivity index (χ2n) is 8.80. The van der Waals surface area contributed by atoms with Crippen molar-refractivity contribution < 1.29 is 20.1 Å². The van der Waals surface area contributed by atoms with E-state index in [-0.39, 0.29) is 5.56 Å². The molecule has 1 unspecified atom stereocenters. The number of carbonyl (C=O) groups excluding carboxylic acids is 2. The molecular weight excluding hydrogens is 479 g/mol. The standard InChI is InChI=1S/C32H29FN2O3/c1-34(2)28-17-15-24(16-18-28)26-13-14-27(30(33)21-26)22-35(32(37)25-9-5-4-6-10-25)29-11-7-8-23(20-29)12-19-31(36)38-3/h4-21H,22H2,1-3H3/b19-12+/i22D. The predicted octanol–water partition coefficient (Wildman–Crippen LogP) is 6.59. The van der Waals surface area contributed by atoms with Crippen LogP contribution in [-0.4, -0.2) is 33.1 Å². The van der Waals surface area contributed by atoms with Gasteiger partial charge in [0, 0.05) is 42.7 Å². The average molecular weight is 510 g/mol. The summed E-state index contributed by atoms with van der Waals surface area (Å²) in [5, 5.41) is 0. The number of methoxy groups -OCH3 is 1. The van der Waals surface area contributed by atoms with Gasteiger partial charge in [0.25, 0.3) is 5.91 Å². The third kappa shape index (κ3) is 6.34. The van der Waals surface area contributed by atoms with Crippen LogP contribution in [0.2, 0.25) is 0 Å². The SMILES string of the molecule is [2H]C(c1ccc(-c2ccc(N(C)C)cc2)cc1F)N(C(=O)c1ccccc1)c1cccc(/C=C/C(=O)OC)c1. The molecule has 4 aromatic carbocycles. The van der Waals surface area contributed by atoms with Gasteiger partial charge in [-0.3, -0.25) is 4.79 Å². The van der Waals surface area contributed by atoms with Crippen molar-refractivity contribution in [2.45, 2.75) is 6.52 Å². The number of anilines is 2. The van der Waals surface area contributed by atoms with Gasteiger partial charge >= 0.3 is 5.97 Å². The van der Waals surface area contributed by atoms with Crippen LogP contribution in [0.3, 0.4) is 0 Å². The van der Waals surface area contributed by atoms with Gasteiger partial charge in [0.05, 0.1) is 15.0 Å². The molecular formula is C32H29FN2O3. The lowest BCUT2D eigenvalue weighted by molar-refractivity contribution is -0.134. The summed E-state index contributed by atoms with van der Waals surface area (Å²) in [6.07, 6.45) is 2.82. The maximum absolute atomic E-state index is 15.5. The first kappa shape index (κ1) is 25.0. The van der Waals surface area contributed by atoms with Gasteiger partial charge < -0.3 is 14.5 Å². The number of esters is 1. The van der Waals surface area contributed by atoms with E-state index in [4.69, 9.17) is 1.37 Å². The van der Waals surface area contributed by atoms with Crippen LogP contribution < -0.4 is 9.80 Å². The molecule has 38 heavy (non-hydrogen) atoms. The molecule has 5 nitrogen and oxygen atoms in total. The number of hydrogen-bond donors (Lipinski definition) is 0. The molecule has 0 heterocycles. The zero-order valence-corrected chi connectivity index (χ0v) is 21.5. The van der Waals surface area contributed by atoms with Crippen molar-refractivity contribution in [2.75, 3.05) is 31.0 Å². The number of amides is 1. The van der Waals surface area contributed by atoms with E-state index in [0.717, 1.165) is 11.3 Å². The average Bonchev–Trinajstić information content (AvgIpc) is 2.96. The molecule has 1 atom stereocenters. The quantitative estimate of drug-likeness (QED) is 0.199. The lowest BCUT2D eigenvalue weighted by atomic mass is 10.0. The van der Waals surface area contributed by atoms with E-state index < -0.39 is 24.2 Å². The number of ether oxygens (including phenoxy) is 1. The number of halogens is 1. The Hall–Kier alpha value is -4.71. The van der Waals surface area contributed by atoms with Crippen molar-refractivity contribution in [2.24, 2.45) is 0 Å². The number of benzene rings is 4. The summed E-state index contributed by atoms with van der Waals surface area (Å²) in [4.78, 5) is 28.4. The molecule has 0 fully saturated rings. The normalized spacial score (nSPS) is 12.1. The molecule has 0 N–H and O–H groups in total. The molecule has 0 saturated carbocycles. The Morgan fingerprint density at radius 2 is 1.58 bits per heavy atom. The van der Waals surface area contributed by atoms with Crippen LogP contribution in [0, 0.1) is 5.82 Å². The lowest BCUT2D eigenvalue weighted by Crippen LogP contribution is -2.30. The molecule has 0 saturated heterocycles. The van der Waals surface area contributed by atoms with Crippen LogP contribution in [-0.2, 0) is 16.1 Å². The highest BCUT2D eigenvalue weighted by Gasteiger charge is 2.20. The number of nitrogens with zero attached hydrogens (tertiary/aromatic N) is 2. The first-order valence-corrected chi connectivity index (χ1v) is 12.0. The fourth-order valence-electron chi connectivity index (χ4n) is 3.88. The molecule has 0 aliphatic rings. The van der Waals surface area contributed by atoms with Gasteiger partial charge in [-0.2, -0.15) is 0 Å². The van der Waals surface area contributed by atoms with Gasteiger partial charge in [-0.15, -0.1) is 0 Å². The molecule has 6 heteroatoms. The van der Waals surface area contributed by atoms with Gasteiger partial charge in [0.1, 0.15) is 5.82 Å². The Morgan fingerprint density at radius 1 is 0.868 bits per heavy atom. The van der Waals surface area contributed by atoms with E-state index >= 15 is 4.39 Å². The summed E-state index contributed by atoms with van der Waals surface area (Å²) < 4.78 is 29.2. The third-order valence-corrected chi connectivity index (χ3v) is 5.99. The molecule has 0 spiro atoms. The summed E-state index contributed by atoms with van der Waals surface area (Å²) >= 11 is 0. The molecule has 192 valence electrons. The van der Waals surface area contributed by atoms with E-state index in [1.54, 1.807) is 72.8 Å². The van der Waals surface area contributed by atoms with E-state index in [1.165, 1.54) is 24.2 Å². The Morgan fingerprint density at radius 3 is 2.24 bits per heavy atom. The summed E-state index contributed by atoms with van der Waals surface area (Å²) in [7, 11) is 5.18. The van der Waals surface area contributed by atoms with Gasteiger partial charge in [-0.1, -0.05) is 54.6 Å².